The molecule has 0 saturated carbocycles. The SMILES string of the molecule is C=C[n+]1ccn(CC(N)O)c1.[Cl-]. The van der Waals surface area contributed by atoms with Gasteiger partial charge in [-0.2, -0.15) is 0 Å². The molecule has 3 N–H and O–H groups in total. The predicted octanol–water partition coefficient (Wildman–Crippen LogP) is -3.84. The van der Waals surface area contributed by atoms with Crippen LogP contribution in [0.2, 0.25) is 0 Å². The summed E-state index contributed by atoms with van der Waals surface area (Å²) in [7, 11) is 0. The lowest BCUT2D eigenvalue weighted by Gasteiger charge is -1.97. The van der Waals surface area contributed by atoms with Gasteiger partial charge in [-0.1, -0.05) is 6.58 Å². The van der Waals surface area contributed by atoms with Crippen molar-refractivity contribution in [2.75, 3.05) is 0 Å². The fourth-order valence-corrected chi connectivity index (χ4v) is 0.843. The van der Waals surface area contributed by atoms with Gasteiger partial charge < -0.3 is 23.2 Å². The molecule has 1 unspecified atom stereocenters. The van der Waals surface area contributed by atoms with Crippen LogP contribution in [0.25, 0.3) is 6.20 Å². The van der Waals surface area contributed by atoms with E-state index in [2.05, 4.69) is 6.58 Å². The molecular weight excluding hydrogens is 178 g/mol. The number of aliphatic hydroxyl groups is 1. The molecule has 4 nitrogen and oxygen atoms in total. The van der Waals surface area contributed by atoms with Crippen molar-refractivity contribution in [2.45, 2.75) is 12.8 Å². The van der Waals surface area contributed by atoms with Crippen LogP contribution in [0.15, 0.2) is 25.3 Å². The van der Waals surface area contributed by atoms with E-state index in [4.69, 9.17) is 10.8 Å². The van der Waals surface area contributed by atoms with E-state index in [9.17, 15) is 0 Å². The van der Waals surface area contributed by atoms with Gasteiger partial charge in [0.25, 0.3) is 0 Å². The largest absolute Gasteiger partial charge is 1.00 e. The zero-order valence-corrected chi connectivity index (χ0v) is 7.35. The Hall–Kier alpha value is -0.840. The van der Waals surface area contributed by atoms with Crippen LogP contribution in [-0.2, 0) is 6.54 Å². The van der Waals surface area contributed by atoms with Gasteiger partial charge in [-0.3, -0.25) is 0 Å². The van der Waals surface area contributed by atoms with Crippen LogP contribution in [0.1, 0.15) is 0 Å². The molecular formula is C7H12ClN3O. The minimum atomic E-state index is -0.805. The van der Waals surface area contributed by atoms with Gasteiger partial charge in [-0.25, -0.2) is 9.13 Å². The summed E-state index contributed by atoms with van der Waals surface area (Å²) in [6, 6.07) is 0. The molecule has 0 aromatic carbocycles. The highest BCUT2D eigenvalue weighted by molar-refractivity contribution is 4.94. The number of hydrogen-bond acceptors (Lipinski definition) is 2. The quantitative estimate of drug-likeness (QED) is 0.378. The number of nitrogens with two attached hydrogens (primary N) is 1. The van der Waals surface area contributed by atoms with Crippen LogP contribution in [0, 0.1) is 0 Å². The van der Waals surface area contributed by atoms with E-state index in [0.717, 1.165) is 0 Å². The molecule has 0 radical (unpaired) electrons. The highest BCUT2D eigenvalue weighted by Crippen LogP contribution is 1.85. The van der Waals surface area contributed by atoms with E-state index >= 15 is 0 Å². The monoisotopic (exact) mass is 189 g/mol. The van der Waals surface area contributed by atoms with E-state index in [1.807, 2.05) is 12.4 Å². The molecule has 1 heterocycles. The number of halogens is 1. The molecule has 1 aromatic heterocycles. The maximum atomic E-state index is 8.81. The number of aromatic nitrogens is 2. The number of rotatable bonds is 3. The molecule has 0 saturated heterocycles. The third-order valence-corrected chi connectivity index (χ3v) is 1.32. The summed E-state index contributed by atoms with van der Waals surface area (Å²) >= 11 is 0. The molecule has 0 fully saturated rings. The summed E-state index contributed by atoms with van der Waals surface area (Å²) in [4.78, 5) is 0. The van der Waals surface area contributed by atoms with Crippen molar-refractivity contribution >= 4 is 6.20 Å². The summed E-state index contributed by atoms with van der Waals surface area (Å²) < 4.78 is 3.56. The molecule has 1 rings (SSSR count). The van der Waals surface area contributed by atoms with Gasteiger partial charge >= 0.3 is 0 Å². The van der Waals surface area contributed by atoms with Crippen molar-refractivity contribution in [3.8, 4) is 0 Å². The van der Waals surface area contributed by atoms with Crippen LogP contribution in [-0.4, -0.2) is 15.9 Å². The average molecular weight is 190 g/mol. The Morgan fingerprint density at radius 3 is 2.83 bits per heavy atom. The fourth-order valence-electron chi connectivity index (χ4n) is 0.843. The number of imidazole rings is 1. The van der Waals surface area contributed by atoms with E-state index < -0.39 is 6.23 Å². The van der Waals surface area contributed by atoms with Crippen molar-refractivity contribution in [3.63, 3.8) is 0 Å². The second kappa shape index (κ2) is 4.92. The zero-order valence-electron chi connectivity index (χ0n) is 6.60. The standard InChI is InChI=1S/C7H12N3O.ClH/c1-2-9-3-4-10(6-9)5-7(8)11;/h2-4,6-7,11H,1,5,8H2;1H/q+1;/p-1. The summed E-state index contributed by atoms with van der Waals surface area (Å²) in [5, 5.41) is 8.81. The molecule has 5 heteroatoms. The third kappa shape index (κ3) is 3.04. The van der Waals surface area contributed by atoms with E-state index in [0.29, 0.717) is 6.54 Å². The van der Waals surface area contributed by atoms with Gasteiger partial charge in [0.05, 0.1) is 6.20 Å². The van der Waals surface area contributed by atoms with Crippen molar-refractivity contribution in [3.05, 3.63) is 25.3 Å². The summed E-state index contributed by atoms with van der Waals surface area (Å²) in [6.45, 7) is 3.98. The molecule has 0 bridgehead atoms. The van der Waals surface area contributed by atoms with Crippen LogP contribution >= 0.6 is 0 Å². The second-order valence-corrected chi connectivity index (χ2v) is 2.31. The van der Waals surface area contributed by atoms with Crippen LogP contribution in [0.5, 0.6) is 0 Å². The maximum absolute atomic E-state index is 8.81. The van der Waals surface area contributed by atoms with E-state index in [1.54, 1.807) is 21.7 Å². The molecule has 0 aliphatic heterocycles. The van der Waals surface area contributed by atoms with Gasteiger partial charge in [0.1, 0.15) is 25.2 Å². The summed E-state index contributed by atoms with van der Waals surface area (Å²) in [6.07, 6.45) is 6.30. The Bertz CT molecular complexity index is 247. The van der Waals surface area contributed by atoms with Crippen molar-refractivity contribution in [2.24, 2.45) is 5.73 Å². The Morgan fingerprint density at radius 2 is 2.42 bits per heavy atom. The smallest absolute Gasteiger partial charge is 0.248 e. The van der Waals surface area contributed by atoms with Crippen molar-refractivity contribution in [1.82, 2.24) is 4.57 Å². The predicted molar refractivity (Wildman–Crippen MR) is 41.2 cm³/mol. The molecule has 1 aromatic rings. The van der Waals surface area contributed by atoms with E-state index in [-0.39, 0.29) is 12.4 Å². The van der Waals surface area contributed by atoms with Crippen LogP contribution < -0.4 is 22.7 Å². The lowest BCUT2D eigenvalue weighted by atomic mass is 10.6. The maximum Gasteiger partial charge on any atom is 0.248 e. The molecule has 0 aliphatic carbocycles. The molecule has 1 atom stereocenters. The highest BCUT2D eigenvalue weighted by atomic mass is 35.5. The first-order valence-electron chi connectivity index (χ1n) is 3.35. The molecule has 0 aliphatic rings. The highest BCUT2D eigenvalue weighted by Gasteiger charge is 2.03. The zero-order chi connectivity index (χ0) is 8.27. The van der Waals surface area contributed by atoms with Gasteiger partial charge in [0, 0.05) is 0 Å². The topological polar surface area (TPSA) is 55.1 Å². The lowest BCUT2D eigenvalue weighted by molar-refractivity contribution is -0.567. The van der Waals surface area contributed by atoms with Gasteiger partial charge in [0.2, 0.25) is 6.33 Å². The molecule has 0 spiro atoms. The van der Waals surface area contributed by atoms with E-state index in [1.165, 1.54) is 0 Å². The molecule has 68 valence electrons. The van der Waals surface area contributed by atoms with Gasteiger partial charge in [-0.15, -0.1) is 0 Å². The summed E-state index contributed by atoms with van der Waals surface area (Å²) in [5.41, 5.74) is 5.17. The summed E-state index contributed by atoms with van der Waals surface area (Å²) in [5.74, 6) is 0. The first-order chi connectivity index (χ1) is 5.22. The minimum absolute atomic E-state index is 0. The number of aliphatic hydroxyl groups excluding tert-OH is 1. The fraction of sp³-hybridized carbons (Fsp3) is 0.286. The molecule has 0 amide bonds. The Labute approximate surface area is 77.3 Å². The first-order valence-corrected chi connectivity index (χ1v) is 3.35. The van der Waals surface area contributed by atoms with Crippen LogP contribution in [0.3, 0.4) is 0 Å². The van der Waals surface area contributed by atoms with Crippen molar-refractivity contribution < 1.29 is 22.1 Å². The number of hydrogen-bond donors (Lipinski definition) is 2. The Morgan fingerprint density at radius 1 is 1.75 bits per heavy atom. The van der Waals surface area contributed by atoms with Gasteiger partial charge in [-0.05, 0) is 0 Å². The molecule has 12 heavy (non-hydrogen) atoms. The average Bonchev–Trinajstić information content (AvgIpc) is 2.34. The van der Waals surface area contributed by atoms with Crippen molar-refractivity contribution in [1.29, 1.82) is 0 Å². The van der Waals surface area contributed by atoms with Gasteiger partial charge in [0.15, 0.2) is 0 Å². The second-order valence-electron chi connectivity index (χ2n) is 2.31. The minimum Gasteiger partial charge on any atom is -1.00 e. The Balaban J connectivity index is 0.00000121. The number of nitrogens with zero attached hydrogens (tertiary/aromatic N) is 2. The lowest BCUT2D eigenvalue weighted by Crippen LogP contribution is -3.00. The third-order valence-electron chi connectivity index (χ3n) is 1.32. The Kier molecular flexibility index (Phi) is 4.58. The van der Waals surface area contributed by atoms with Crippen LogP contribution in [0.4, 0.5) is 0 Å². The normalized spacial score (nSPS) is 11.8. The first kappa shape index (κ1) is 11.2.